The average Bonchev–Trinajstić information content (AvgIpc) is 3.00. The van der Waals surface area contributed by atoms with E-state index in [9.17, 15) is 4.79 Å². The summed E-state index contributed by atoms with van der Waals surface area (Å²) in [6.07, 6.45) is 3.46. The summed E-state index contributed by atoms with van der Waals surface area (Å²) < 4.78 is 0. The fraction of sp³-hybridized carbons (Fsp3) is 0.846. The molecule has 5 heteroatoms. The molecule has 1 amide bonds. The molecular weight excluding hydrogens is 230 g/mol. The number of amides is 1. The first-order valence-corrected chi connectivity index (χ1v) is 6.83. The molecule has 2 rings (SSSR count). The molecule has 102 valence electrons. The van der Waals surface area contributed by atoms with Crippen molar-refractivity contribution >= 4 is 11.7 Å². The number of nitrogens with zero attached hydrogens (tertiary/aromatic N) is 2. The third-order valence-corrected chi connectivity index (χ3v) is 4.40. The fourth-order valence-corrected chi connectivity index (χ4v) is 3.07. The molecule has 0 spiro atoms. The lowest BCUT2D eigenvalue weighted by molar-refractivity contribution is -0.135. The molecule has 0 aromatic carbocycles. The van der Waals surface area contributed by atoms with E-state index in [-0.39, 0.29) is 23.6 Å². The molecule has 2 aliphatic carbocycles. The quantitative estimate of drug-likeness (QED) is 0.335. The van der Waals surface area contributed by atoms with Gasteiger partial charge in [0.25, 0.3) is 0 Å². The van der Waals surface area contributed by atoms with Crippen LogP contribution in [0.3, 0.4) is 0 Å². The van der Waals surface area contributed by atoms with E-state index in [1.165, 1.54) is 6.42 Å². The standard InChI is InChI=1S/C13H23N3O2/c1-3-16(7-8(2)12(14)15-18)13(17)11-5-9-4-10(9)6-11/h8-11,18H,3-7H2,1-2H3,(H2,14,15). The third-order valence-electron chi connectivity index (χ3n) is 4.40. The number of oxime groups is 1. The molecule has 3 atom stereocenters. The largest absolute Gasteiger partial charge is 0.409 e. The van der Waals surface area contributed by atoms with Crippen LogP contribution >= 0.6 is 0 Å². The lowest BCUT2D eigenvalue weighted by atomic mass is 10.0. The van der Waals surface area contributed by atoms with Gasteiger partial charge in [-0.15, -0.1) is 0 Å². The molecule has 0 radical (unpaired) electrons. The smallest absolute Gasteiger partial charge is 0.225 e. The van der Waals surface area contributed by atoms with Gasteiger partial charge >= 0.3 is 0 Å². The van der Waals surface area contributed by atoms with E-state index in [0.717, 1.165) is 24.7 Å². The lowest BCUT2D eigenvalue weighted by Crippen LogP contribution is -2.41. The minimum absolute atomic E-state index is 0.102. The summed E-state index contributed by atoms with van der Waals surface area (Å²) in [7, 11) is 0. The summed E-state index contributed by atoms with van der Waals surface area (Å²) >= 11 is 0. The zero-order valence-corrected chi connectivity index (χ0v) is 11.2. The SMILES string of the molecule is CCN(CC(C)C(N)=NO)C(=O)C1CC2CC2C1. The second-order valence-corrected chi connectivity index (χ2v) is 5.73. The molecular formula is C13H23N3O2. The minimum atomic E-state index is -0.102. The highest BCUT2D eigenvalue weighted by molar-refractivity contribution is 5.84. The maximum absolute atomic E-state index is 12.4. The van der Waals surface area contributed by atoms with E-state index in [1.54, 1.807) is 0 Å². The molecule has 0 saturated heterocycles. The predicted molar refractivity (Wildman–Crippen MR) is 69.1 cm³/mol. The molecule has 2 aliphatic rings. The Labute approximate surface area is 108 Å². The average molecular weight is 253 g/mol. The number of nitrogens with two attached hydrogens (primary N) is 1. The topological polar surface area (TPSA) is 78.9 Å². The van der Waals surface area contributed by atoms with Gasteiger partial charge in [-0.1, -0.05) is 12.1 Å². The van der Waals surface area contributed by atoms with E-state index in [0.29, 0.717) is 13.1 Å². The van der Waals surface area contributed by atoms with E-state index in [2.05, 4.69) is 5.16 Å². The van der Waals surface area contributed by atoms with Gasteiger partial charge in [-0.2, -0.15) is 0 Å². The summed E-state index contributed by atoms with van der Waals surface area (Å²) in [5.74, 6) is 2.19. The number of fused-ring (bicyclic) bond motifs is 1. The Bertz CT molecular complexity index is 346. The molecule has 0 aliphatic heterocycles. The van der Waals surface area contributed by atoms with Crippen LogP contribution in [0.5, 0.6) is 0 Å². The summed E-state index contributed by atoms with van der Waals surface area (Å²) in [6.45, 7) is 5.08. The third kappa shape index (κ3) is 2.60. The van der Waals surface area contributed by atoms with Gasteiger partial charge in [0, 0.05) is 24.9 Å². The van der Waals surface area contributed by atoms with Crippen molar-refractivity contribution in [2.75, 3.05) is 13.1 Å². The Morgan fingerprint density at radius 1 is 1.44 bits per heavy atom. The van der Waals surface area contributed by atoms with Gasteiger partial charge in [0.2, 0.25) is 5.91 Å². The Morgan fingerprint density at radius 2 is 2.06 bits per heavy atom. The van der Waals surface area contributed by atoms with Gasteiger partial charge in [-0.05, 0) is 38.0 Å². The molecule has 18 heavy (non-hydrogen) atoms. The van der Waals surface area contributed by atoms with E-state index in [4.69, 9.17) is 10.9 Å². The maximum atomic E-state index is 12.4. The highest BCUT2D eigenvalue weighted by Crippen LogP contribution is 2.54. The van der Waals surface area contributed by atoms with Crippen molar-refractivity contribution in [3.63, 3.8) is 0 Å². The summed E-state index contributed by atoms with van der Waals surface area (Å²) in [5, 5.41) is 11.6. The van der Waals surface area contributed by atoms with E-state index in [1.807, 2.05) is 18.7 Å². The number of hydrogen-bond donors (Lipinski definition) is 2. The first-order chi connectivity index (χ1) is 8.56. The molecule has 3 N–H and O–H groups in total. The van der Waals surface area contributed by atoms with Crippen molar-refractivity contribution in [2.24, 2.45) is 34.6 Å². The van der Waals surface area contributed by atoms with Crippen LogP contribution in [0.4, 0.5) is 0 Å². The van der Waals surface area contributed by atoms with Crippen LogP contribution in [-0.2, 0) is 4.79 Å². The first-order valence-electron chi connectivity index (χ1n) is 6.83. The summed E-state index contributed by atoms with van der Waals surface area (Å²) in [4.78, 5) is 14.2. The first kappa shape index (κ1) is 13.2. The van der Waals surface area contributed by atoms with Crippen LogP contribution in [-0.4, -0.2) is 34.9 Å². The highest BCUT2D eigenvalue weighted by Gasteiger charge is 2.48. The Kier molecular flexibility index (Phi) is 3.78. The van der Waals surface area contributed by atoms with Gasteiger partial charge in [-0.25, -0.2) is 0 Å². The normalized spacial score (nSPS) is 31.9. The maximum Gasteiger partial charge on any atom is 0.225 e. The van der Waals surface area contributed by atoms with Gasteiger partial charge in [0.15, 0.2) is 0 Å². The predicted octanol–water partition coefficient (Wildman–Crippen LogP) is 1.26. The fourth-order valence-electron chi connectivity index (χ4n) is 3.07. The van der Waals surface area contributed by atoms with Gasteiger partial charge < -0.3 is 15.8 Å². The highest BCUT2D eigenvalue weighted by atomic mass is 16.4. The lowest BCUT2D eigenvalue weighted by Gasteiger charge is -2.27. The minimum Gasteiger partial charge on any atom is -0.409 e. The second kappa shape index (κ2) is 5.16. The zero-order chi connectivity index (χ0) is 13.3. The van der Waals surface area contributed by atoms with Crippen LogP contribution in [0.15, 0.2) is 5.16 Å². The van der Waals surface area contributed by atoms with Gasteiger partial charge in [-0.3, -0.25) is 4.79 Å². The molecule has 3 unspecified atom stereocenters. The van der Waals surface area contributed by atoms with Crippen molar-refractivity contribution in [3.05, 3.63) is 0 Å². The molecule has 5 nitrogen and oxygen atoms in total. The van der Waals surface area contributed by atoms with Crippen LogP contribution in [0, 0.1) is 23.7 Å². The van der Waals surface area contributed by atoms with Crippen LogP contribution in [0.25, 0.3) is 0 Å². The van der Waals surface area contributed by atoms with Crippen molar-refractivity contribution in [1.82, 2.24) is 4.90 Å². The molecule has 0 aromatic rings. The van der Waals surface area contributed by atoms with Gasteiger partial charge in [0.05, 0.1) is 0 Å². The zero-order valence-electron chi connectivity index (χ0n) is 11.2. The van der Waals surface area contributed by atoms with E-state index < -0.39 is 0 Å². The monoisotopic (exact) mass is 253 g/mol. The molecule has 0 aromatic heterocycles. The second-order valence-electron chi connectivity index (χ2n) is 5.73. The van der Waals surface area contributed by atoms with Crippen molar-refractivity contribution in [3.8, 4) is 0 Å². The number of hydrogen-bond acceptors (Lipinski definition) is 3. The van der Waals surface area contributed by atoms with Crippen molar-refractivity contribution in [2.45, 2.75) is 33.1 Å². The van der Waals surface area contributed by atoms with Crippen LogP contribution in [0.1, 0.15) is 33.1 Å². The Balaban J connectivity index is 1.89. The van der Waals surface area contributed by atoms with Crippen molar-refractivity contribution < 1.29 is 10.0 Å². The van der Waals surface area contributed by atoms with Crippen molar-refractivity contribution in [1.29, 1.82) is 0 Å². The molecule has 0 heterocycles. The Hall–Kier alpha value is -1.26. The molecule has 2 fully saturated rings. The van der Waals surface area contributed by atoms with Crippen LogP contribution in [0.2, 0.25) is 0 Å². The number of rotatable bonds is 5. The summed E-state index contributed by atoms with van der Waals surface area (Å²) in [5.41, 5.74) is 5.56. The van der Waals surface area contributed by atoms with E-state index >= 15 is 0 Å². The summed E-state index contributed by atoms with van der Waals surface area (Å²) in [6, 6.07) is 0. The van der Waals surface area contributed by atoms with Gasteiger partial charge in [0.1, 0.15) is 5.84 Å². The Morgan fingerprint density at radius 3 is 2.56 bits per heavy atom. The van der Waals surface area contributed by atoms with Crippen LogP contribution < -0.4 is 5.73 Å². The number of amidine groups is 1. The number of carbonyl (C=O) groups is 1. The molecule has 2 saturated carbocycles. The molecule has 0 bridgehead atoms. The number of carbonyl (C=O) groups excluding carboxylic acids is 1.